The van der Waals surface area contributed by atoms with E-state index in [1.807, 2.05) is 0 Å². The Morgan fingerprint density at radius 3 is 2.42 bits per heavy atom. The molecule has 26 heavy (non-hydrogen) atoms. The summed E-state index contributed by atoms with van der Waals surface area (Å²) in [6.07, 6.45) is 8.30. The molecule has 0 saturated carbocycles. The number of benzene rings is 3. The lowest BCUT2D eigenvalue weighted by Crippen LogP contribution is -2.07. The Kier molecular flexibility index (Phi) is 4.55. The van der Waals surface area contributed by atoms with E-state index in [4.69, 9.17) is 4.98 Å². The summed E-state index contributed by atoms with van der Waals surface area (Å²) in [6, 6.07) is 21.3. The highest BCUT2D eigenvalue weighted by molar-refractivity contribution is 7.19. The van der Waals surface area contributed by atoms with Crippen molar-refractivity contribution >= 4 is 50.2 Å². The zero-order valence-electron chi connectivity index (χ0n) is 14.9. The van der Waals surface area contributed by atoms with Crippen molar-refractivity contribution < 1.29 is 0 Å². The van der Waals surface area contributed by atoms with Gasteiger partial charge in [0.2, 0.25) is 0 Å². The van der Waals surface area contributed by atoms with E-state index >= 15 is 0 Å². The van der Waals surface area contributed by atoms with Crippen LogP contribution in [0.15, 0.2) is 72.8 Å². The molecule has 0 unspecified atom stereocenters. The van der Waals surface area contributed by atoms with Gasteiger partial charge in [-0.2, -0.15) is 0 Å². The molecule has 3 aromatic carbocycles. The maximum absolute atomic E-state index is 4.81. The van der Waals surface area contributed by atoms with E-state index < -0.39 is 0 Å². The minimum atomic E-state index is 1.03. The van der Waals surface area contributed by atoms with Gasteiger partial charge in [-0.3, -0.25) is 0 Å². The predicted molar refractivity (Wildman–Crippen MR) is 116 cm³/mol. The summed E-state index contributed by atoms with van der Waals surface area (Å²) in [5, 5.41) is 3.49. The van der Waals surface area contributed by atoms with Gasteiger partial charge < -0.3 is 4.90 Å². The molecule has 0 atom stereocenters. The molecule has 2 nitrogen and oxygen atoms in total. The van der Waals surface area contributed by atoms with Gasteiger partial charge in [0.25, 0.3) is 0 Å². The van der Waals surface area contributed by atoms with Gasteiger partial charge in [0, 0.05) is 25.2 Å². The van der Waals surface area contributed by atoms with Crippen molar-refractivity contribution in [2.24, 2.45) is 0 Å². The fraction of sp³-hybridized carbons (Fsp3) is 0.0870. The SMILES string of the molecule is CN(C)c1ccc(/C=C/C=C/c2nc3c(ccc4ccccc43)s2)cc1. The van der Waals surface area contributed by atoms with Gasteiger partial charge in [-0.05, 0) is 35.2 Å². The van der Waals surface area contributed by atoms with Crippen molar-refractivity contribution in [3.63, 3.8) is 0 Å². The molecule has 0 aliphatic heterocycles. The average Bonchev–Trinajstić information content (AvgIpc) is 3.09. The number of rotatable bonds is 4. The van der Waals surface area contributed by atoms with Crippen LogP contribution >= 0.6 is 11.3 Å². The predicted octanol–water partition coefficient (Wildman–Crippen LogP) is 6.24. The topological polar surface area (TPSA) is 16.1 Å². The van der Waals surface area contributed by atoms with E-state index in [1.54, 1.807) is 11.3 Å². The Hall–Kier alpha value is -2.91. The number of hydrogen-bond donors (Lipinski definition) is 0. The third kappa shape index (κ3) is 3.39. The monoisotopic (exact) mass is 356 g/mol. The number of fused-ring (bicyclic) bond motifs is 3. The molecule has 4 rings (SSSR count). The van der Waals surface area contributed by atoms with E-state index in [9.17, 15) is 0 Å². The molecule has 4 aromatic rings. The lowest BCUT2D eigenvalue weighted by Gasteiger charge is -2.11. The second kappa shape index (κ2) is 7.14. The van der Waals surface area contributed by atoms with Gasteiger partial charge in [-0.25, -0.2) is 4.98 Å². The minimum absolute atomic E-state index is 1.03. The molecule has 3 heteroatoms. The maximum atomic E-state index is 4.81. The highest BCUT2D eigenvalue weighted by Gasteiger charge is 2.05. The smallest absolute Gasteiger partial charge is 0.117 e. The Labute approximate surface area is 157 Å². The molecule has 0 spiro atoms. The van der Waals surface area contributed by atoms with Crippen LogP contribution in [0.4, 0.5) is 5.69 Å². The highest BCUT2D eigenvalue weighted by atomic mass is 32.1. The second-order valence-electron chi connectivity index (χ2n) is 6.39. The van der Waals surface area contributed by atoms with Crippen LogP contribution in [0.25, 0.3) is 33.1 Å². The quantitative estimate of drug-likeness (QED) is 0.402. The number of thiazole rings is 1. The molecule has 0 radical (unpaired) electrons. The first-order chi connectivity index (χ1) is 12.7. The van der Waals surface area contributed by atoms with Gasteiger partial charge in [-0.1, -0.05) is 60.7 Å². The zero-order valence-corrected chi connectivity index (χ0v) is 15.7. The van der Waals surface area contributed by atoms with Gasteiger partial charge in [0.15, 0.2) is 0 Å². The molecule has 0 aliphatic rings. The van der Waals surface area contributed by atoms with Crippen LogP contribution in [0.1, 0.15) is 10.6 Å². The van der Waals surface area contributed by atoms with Gasteiger partial charge in [0.05, 0.1) is 10.2 Å². The van der Waals surface area contributed by atoms with Crippen LogP contribution in [0, 0.1) is 0 Å². The van der Waals surface area contributed by atoms with Crippen LogP contribution < -0.4 is 4.90 Å². The first-order valence-corrected chi connectivity index (χ1v) is 9.43. The van der Waals surface area contributed by atoms with Crippen molar-refractivity contribution in [2.75, 3.05) is 19.0 Å². The summed E-state index contributed by atoms with van der Waals surface area (Å²) < 4.78 is 1.23. The summed E-state index contributed by atoms with van der Waals surface area (Å²) >= 11 is 1.73. The standard InChI is InChI=1S/C23H20N2S/c1-25(2)19-14-11-17(12-15-19)7-3-6-10-22-24-23-20-9-5-4-8-18(20)13-16-21(23)26-22/h3-16H,1-2H3/b7-3+,10-6+. The van der Waals surface area contributed by atoms with E-state index in [0.29, 0.717) is 0 Å². The van der Waals surface area contributed by atoms with Gasteiger partial charge in [-0.15, -0.1) is 11.3 Å². The summed E-state index contributed by atoms with van der Waals surface area (Å²) in [4.78, 5) is 6.91. The molecule has 1 heterocycles. The van der Waals surface area contributed by atoms with Gasteiger partial charge >= 0.3 is 0 Å². The fourth-order valence-corrected chi connectivity index (χ4v) is 3.84. The van der Waals surface area contributed by atoms with Crippen LogP contribution in [0.2, 0.25) is 0 Å². The third-order valence-electron chi connectivity index (χ3n) is 4.35. The summed E-state index contributed by atoms with van der Waals surface area (Å²) in [5.41, 5.74) is 3.49. The molecular formula is C23H20N2S. The molecule has 0 aliphatic carbocycles. The highest BCUT2D eigenvalue weighted by Crippen LogP contribution is 2.29. The Morgan fingerprint density at radius 1 is 0.846 bits per heavy atom. The van der Waals surface area contributed by atoms with E-state index in [0.717, 1.165) is 10.5 Å². The van der Waals surface area contributed by atoms with Crippen molar-refractivity contribution in [2.45, 2.75) is 0 Å². The molecule has 0 fully saturated rings. The molecule has 128 valence electrons. The lowest BCUT2D eigenvalue weighted by molar-refractivity contribution is 1.13. The molecular weight excluding hydrogens is 336 g/mol. The second-order valence-corrected chi connectivity index (χ2v) is 7.45. The number of allylic oxidation sites excluding steroid dienone is 2. The van der Waals surface area contributed by atoms with Crippen molar-refractivity contribution in [1.29, 1.82) is 0 Å². The summed E-state index contributed by atoms with van der Waals surface area (Å²) in [6.45, 7) is 0. The van der Waals surface area contributed by atoms with Crippen molar-refractivity contribution in [3.05, 3.63) is 83.4 Å². The number of nitrogens with zero attached hydrogens (tertiary/aromatic N) is 2. The molecule has 0 amide bonds. The number of aromatic nitrogens is 1. The van der Waals surface area contributed by atoms with Crippen LogP contribution in [-0.4, -0.2) is 19.1 Å². The number of hydrogen-bond acceptors (Lipinski definition) is 3. The fourth-order valence-electron chi connectivity index (χ4n) is 2.94. The molecule has 0 N–H and O–H groups in total. The molecule has 0 bridgehead atoms. The van der Waals surface area contributed by atoms with Crippen LogP contribution in [-0.2, 0) is 0 Å². The van der Waals surface area contributed by atoms with Crippen LogP contribution in [0.3, 0.4) is 0 Å². The largest absolute Gasteiger partial charge is 0.378 e. The minimum Gasteiger partial charge on any atom is -0.378 e. The average molecular weight is 356 g/mol. The van der Waals surface area contributed by atoms with Gasteiger partial charge in [0.1, 0.15) is 5.01 Å². The van der Waals surface area contributed by atoms with E-state index in [-0.39, 0.29) is 0 Å². The van der Waals surface area contributed by atoms with Crippen molar-refractivity contribution in [3.8, 4) is 0 Å². The third-order valence-corrected chi connectivity index (χ3v) is 5.33. The first kappa shape index (κ1) is 16.6. The van der Waals surface area contributed by atoms with Crippen molar-refractivity contribution in [1.82, 2.24) is 4.98 Å². The normalized spacial score (nSPS) is 11.9. The maximum Gasteiger partial charge on any atom is 0.117 e. The molecule has 1 aromatic heterocycles. The summed E-state index contributed by atoms with van der Waals surface area (Å²) in [5.74, 6) is 0. The number of anilines is 1. The van der Waals surface area contributed by atoms with Crippen LogP contribution in [0.5, 0.6) is 0 Å². The Morgan fingerprint density at radius 2 is 1.62 bits per heavy atom. The Bertz CT molecular complexity index is 1100. The first-order valence-electron chi connectivity index (χ1n) is 8.61. The zero-order chi connectivity index (χ0) is 17.9. The molecule has 0 saturated heterocycles. The summed E-state index contributed by atoms with van der Waals surface area (Å²) in [7, 11) is 4.10. The lowest BCUT2D eigenvalue weighted by atomic mass is 10.1. The van der Waals surface area contributed by atoms with E-state index in [1.165, 1.54) is 26.7 Å². The van der Waals surface area contributed by atoms with E-state index in [2.05, 4.69) is 104 Å². The Balaban J connectivity index is 1.54.